The fourth-order valence-electron chi connectivity index (χ4n) is 3.76. The maximum absolute atomic E-state index is 13.0. The van der Waals surface area contributed by atoms with Gasteiger partial charge in [0.2, 0.25) is 5.91 Å². The first-order valence-electron chi connectivity index (χ1n) is 9.83. The van der Waals surface area contributed by atoms with Gasteiger partial charge in [0.25, 0.3) is 0 Å². The lowest BCUT2D eigenvalue weighted by Crippen LogP contribution is -2.33. The molecule has 2 unspecified atom stereocenters. The Labute approximate surface area is 160 Å². The highest BCUT2D eigenvalue weighted by Crippen LogP contribution is 2.25. The largest absolute Gasteiger partial charge is 0.346 e. The van der Waals surface area contributed by atoms with E-state index in [1.165, 1.54) is 12.1 Å². The van der Waals surface area contributed by atoms with Crippen LogP contribution in [-0.4, -0.2) is 40.6 Å². The smallest absolute Gasteiger partial charge is 0.225 e. The Kier molecular flexibility index (Phi) is 6.61. The highest BCUT2D eigenvalue weighted by atomic mass is 19.1. The van der Waals surface area contributed by atoms with Crippen molar-refractivity contribution < 1.29 is 9.18 Å². The molecule has 3 rings (SSSR count). The van der Waals surface area contributed by atoms with Crippen LogP contribution in [0.4, 0.5) is 4.39 Å². The molecule has 2 atom stereocenters. The molecule has 5 nitrogen and oxygen atoms in total. The number of carbonyl (C=O) groups is 1. The number of rotatable bonds is 8. The summed E-state index contributed by atoms with van der Waals surface area (Å²) in [6.45, 7) is 0.800. The summed E-state index contributed by atoms with van der Waals surface area (Å²) in [5.41, 5.74) is 8.74. The van der Waals surface area contributed by atoms with Crippen LogP contribution in [-0.2, 0) is 11.2 Å². The molecular formula is C21H29FN4O. The monoisotopic (exact) mass is 372 g/mol. The van der Waals surface area contributed by atoms with Crippen molar-refractivity contribution in [2.24, 2.45) is 11.7 Å². The topological polar surface area (TPSA) is 75.0 Å². The van der Waals surface area contributed by atoms with Crippen LogP contribution in [0.3, 0.4) is 0 Å². The number of halogens is 1. The second-order valence-corrected chi connectivity index (χ2v) is 7.63. The molecule has 3 N–H and O–H groups in total. The van der Waals surface area contributed by atoms with Gasteiger partial charge in [0.15, 0.2) is 0 Å². The molecule has 0 radical (unpaired) electrons. The van der Waals surface area contributed by atoms with E-state index in [9.17, 15) is 9.18 Å². The molecule has 1 aromatic carbocycles. The summed E-state index contributed by atoms with van der Waals surface area (Å²) in [5.74, 6) is 0.133. The first kappa shape index (κ1) is 19.5. The SMILES string of the molecule is CN(CCCCCc1cc(-c2ccc(F)cc2)n[nH]1)C(=O)C1CCC(N)C1. The number of aromatic nitrogens is 2. The molecule has 0 aliphatic heterocycles. The minimum absolute atomic E-state index is 0.125. The Morgan fingerprint density at radius 3 is 2.74 bits per heavy atom. The zero-order chi connectivity index (χ0) is 19.2. The Morgan fingerprint density at radius 1 is 1.26 bits per heavy atom. The van der Waals surface area contributed by atoms with Gasteiger partial charge in [0, 0.05) is 36.8 Å². The van der Waals surface area contributed by atoms with Crippen LogP contribution in [0.2, 0.25) is 0 Å². The lowest BCUT2D eigenvalue weighted by molar-refractivity contribution is -0.134. The number of aromatic amines is 1. The van der Waals surface area contributed by atoms with Gasteiger partial charge in [-0.1, -0.05) is 6.42 Å². The number of unbranched alkanes of at least 4 members (excludes halogenated alkanes) is 2. The molecule has 1 amide bonds. The average Bonchev–Trinajstić information content (AvgIpc) is 3.30. The number of benzene rings is 1. The Hall–Kier alpha value is -2.21. The highest BCUT2D eigenvalue weighted by Gasteiger charge is 2.29. The number of nitrogens with one attached hydrogen (secondary N) is 1. The van der Waals surface area contributed by atoms with E-state index in [0.29, 0.717) is 0 Å². The molecule has 1 aliphatic carbocycles. The summed E-state index contributed by atoms with van der Waals surface area (Å²) >= 11 is 0. The van der Waals surface area contributed by atoms with Gasteiger partial charge in [-0.25, -0.2) is 4.39 Å². The van der Waals surface area contributed by atoms with Crippen molar-refractivity contribution in [3.8, 4) is 11.3 Å². The molecular weight excluding hydrogens is 343 g/mol. The summed E-state index contributed by atoms with van der Waals surface area (Å²) in [6.07, 6.45) is 6.76. The average molecular weight is 372 g/mol. The number of aryl methyl sites for hydroxylation is 1. The van der Waals surface area contributed by atoms with E-state index in [1.807, 2.05) is 18.0 Å². The Bertz CT molecular complexity index is 743. The maximum Gasteiger partial charge on any atom is 0.225 e. The molecule has 1 fully saturated rings. The van der Waals surface area contributed by atoms with E-state index in [2.05, 4.69) is 10.2 Å². The molecule has 2 aromatic rings. The number of nitrogens with zero attached hydrogens (tertiary/aromatic N) is 2. The summed E-state index contributed by atoms with van der Waals surface area (Å²) < 4.78 is 13.0. The van der Waals surface area contributed by atoms with Crippen molar-refractivity contribution in [2.45, 2.75) is 51.0 Å². The van der Waals surface area contributed by atoms with Crippen LogP contribution < -0.4 is 5.73 Å². The van der Waals surface area contributed by atoms with Crippen molar-refractivity contribution in [3.05, 3.63) is 41.8 Å². The predicted molar refractivity (Wildman–Crippen MR) is 104 cm³/mol. The van der Waals surface area contributed by atoms with Crippen LogP contribution in [0.1, 0.15) is 44.2 Å². The lowest BCUT2D eigenvalue weighted by Gasteiger charge is -2.21. The van der Waals surface area contributed by atoms with Crippen LogP contribution in [0.5, 0.6) is 0 Å². The normalized spacial score (nSPS) is 19.4. The van der Waals surface area contributed by atoms with Crippen molar-refractivity contribution >= 4 is 5.91 Å². The van der Waals surface area contributed by atoms with Gasteiger partial charge in [-0.05, 0) is 68.9 Å². The quantitative estimate of drug-likeness (QED) is 0.696. The second kappa shape index (κ2) is 9.13. The van der Waals surface area contributed by atoms with Crippen molar-refractivity contribution in [3.63, 3.8) is 0 Å². The van der Waals surface area contributed by atoms with E-state index in [0.717, 1.165) is 68.4 Å². The van der Waals surface area contributed by atoms with Gasteiger partial charge < -0.3 is 10.6 Å². The van der Waals surface area contributed by atoms with Crippen LogP contribution in [0.25, 0.3) is 11.3 Å². The molecule has 1 saturated carbocycles. The predicted octanol–water partition coefficient (Wildman–Crippen LogP) is 3.51. The minimum Gasteiger partial charge on any atom is -0.346 e. The molecule has 0 saturated heterocycles. The fourth-order valence-corrected chi connectivity index (χ4v) is 3.76. The molecule has 6 heteroatoms. The number of carbonyl (C=O) groups excluding carboxylic acids is 1. The summed E-state index contributed by atoms with van der Waals surface area (Å²) in [7, 11) is 1.90. The van der Waals surface area contributed by atoms with E-state index < -0.39 is 0 Å². The van der Waals surface area contributed by atoms with Crippen molar-refractivity contribution in [2.75, 3.05) is 13.6 Å². The summed E-state index contributed by atoms with van der Waals surface area (Å²) in [5, 5.41) is 7.36. The number of hydrogen-bond acceptors (Lipinski definition) is 3. The number of amides is 1. The first-order chi connectivity index (χ1) is 13.0. The van der Waals surface area contributed by atoms with Crippen LogP contribution in [0, 0.1) is 11.7 Å². The third-order valence-corrected chi connectivity index (χ3v) is 5.41. The van der Waals surface area contributed by atoms with Gasteiger partial charge in [0.1, 0.15) is 5.82 Å². The Morgan fingerprint density at radius 2 is 2.04 bits per heavy atom. The number of H-pyrrole nitrogens is 1. The zero-order valence-electron chi connectivity index (χ0n) is 16.0. The molecule has 1 aromatic heterocycles. The van der Waals surface area contributed by atoms with Gasteiger partial charge >= 0.3 is 0 Å². The molecule has 0 bridgehead atoms. The van der Waals surface area contributed by atoms with Gasteiger partial charge in [0.05, 0.1) is 5.69 Å². The fraction of sp³-hybridized carbons (Fsp3) is 0.524. The first-order valence-corrected chi connectivity index (χ1v) is 9.83. The maximum atomic E-state index is 13.0. The van der Waals surface area contributed by atoms with Gasteiger partial charge in [-0.3, -0.25) is 9.89 Å². The third kappa shape index (κ3) is 5.39. The van der Waals surface area contributed by atoms with E-state index >= 15 is 0 Å². The summed E-state index contributed by atoms with van der Waals surface area (Å²) in [6, 6.07) is 8.58. The highest BCUT2D eigenvalue weighted by molar-refractivity contribution is 5.78. The van der Waals surface area contributed by atoms with Gasteiger partial charge in [-0.15, -0.1) is 0 Å². The van der Waals surface area contributed by atoms with Gasteiger partial charge in [-0.2, -0.15) is 5.10 Å². The third-order valence-electron chi connectivity index (χ3n) is 5.41. The van der Waals surface area contributed by atoms with Crippen molar-refractivity contribution in [1.82, 2.24) is 15.1 Å². The zero-order valence-corrected chi connectivity index (χ0v) is 16.0. The van der Waals surface area contributed by atoms with Crippen LogP contribution >= 0.6 is 0 Å². The summed E-state index contributed by atoms with van der Waals surface area (Å²) in [4.78, 5) is 14.2. The number of nitrogens with two attached hydrogens (primary N) is 1. The van der Waals surface area contributed by atoms with E-state index in [-0.39, 0.29) is 23.7 Å². The molecule has 27 heavy (non-hydrogen) atoms. The Balaban J connectivity index is 1.35. The molecule has 1 heterocycles. The van der Waals surface area contributed by atoms with Crippen molar-refractivity contribution in [1.29, 1.82) is 0 Å². The molecule has 1 aliphatic rings. The van der Waals surface area contributed by atoms with Crippen LogP contribution in [0.15, 0.2) is 30.3 Å². The number of hydrogen-bond donors (Lipinski definition) is 2. The van der Waals surface area contributed by atoms with E-state index in [1.54, 1.807) is 12.1 Å². The van der Waals surface area contributed by atoms with E-state index in [4.69, 9.17) is 5.73 Å². The second-order valence-electron chi connectivity index (χ2n) is 7.63. The standard InChI is InChI=1S/C21H29FN4O/c1-26(21(27)16-8-11-18(23)13-16)12-4-2-3-5-19-14-20(25-24-19)15-6-9-17(22)10-7-15/h6-7,9-10,14,16,18H,2-5,8,11-13,23H2,1H3,(H,24,25). The molecule has 0 spiro atoms. The molecule has 146 valence electrons. The lowest BCUT2D eigenvalue weighted by atomic mass is 10.1. The minimum atomic E-state index is -0.242.